The number of halogens is 3. The summed E-state index contributed by atoms with van der Waals surface area (Å²) in [6, 6.07) is 8.58. The molecule has 0 saturated carbocycles. The molecule has 168 valence electrons. The molecule has 5 rings (SSSR count). The van der Waals surface area contributed by atoms with Crippen molar-refractivity contribution in [3.8, 4) is 17.1 Å². The number of nitrogens with zero attached hydrogens (tertiary/aromatic N) is 3. The Hall–Kier alpha value is -3.34. The Morgan fingerprint density at radius 1 is 1.31 bits per heavy atom. The largest absolute Gasteiger partial charge is 0.496 e. The molecule has 0 aliphatic heterocycles. The summed E-state index contributed by atoms with van der Waals surface area (Å²) in [4.78, 5) is 18.4. The summed E-state index contributed by atoms with van der Waals surface area (Å²) >= 11 is 1.73. The molecule has 7 nitrogen and oxygen atoms in total. The molecule has 1 aromatic carbocycles. The third-order valence-corrected chi connectivity index (χ3v) is 5.94. The van der Waals surface area contributed by atoms with Gasteiger partial charge in [0.05, 0.1) is 25.4 Å². The number of H-pyrrole nitrogens is 1. The predicted octanol–water partition coefficient (Wildman–Crippen LogP) is 4.67. The Balaban J connectivity index is 0.000000307. The molecule has 0 spiro atoms. The first-order chi connectivity index (χ1) is 15.3. The Labute approximate surface area is 184 Å². The number of aliphatic carboxylic acids is 1. The minimum Gasteiger partial charge on any atom is -0.496 e. The summed E-state index contributed by atoms with van der Waals surface area (Å²) in [6.45, 7) is 0.743. The van der Waals surface area contributed by atoms with Crippen molar-refractivity contribution in [2.75, 3.05) is 7.11 Å². The van der Waals surface area contributed by atoms with Crippen molar-refractivity contribution in [1.29, 1.82) is 0 Å². The smallest absolute Gasteiger partial charge is 0.490 e. The Kier molecular flexibility index (Phi) is 5.92. The zero-order valence-electron chi connectivity index (χ0n) is 16.9. The van der Waals surface area contributed by atoms with Gasteiger partial charge in [0.15, 0.2) is 5.65 Å². The number of benzene rings is 1. The summed E-state index contributed by atoms with van der Waals surface area (Å²) in [5.74, 6) is -1.03. The van der Waals surface area contributed by atoms with Crippen LogP contribution in [0.25, 0.3) is 22.6 Å². The van der Waals surface area contributed by atoms with E-state index in [9.17, 15) is 13.2 Å². The van der Waals surface area contributed by atoms with E-state index >= 15 is 0 Å². The van der Waals surface area contributed by atoms with Gasteiger partial charge in [0.2, 0.25) is 0 Å². The van der Waals surface area contributed by atoms with Crippen LogP contribution in [-0.2, 0) is 24.2 Å². The van der Waals surface area contributed by atoms with Crippen LogP contribution in [0.2, 0.25) is 0 Å². The molecule has 0 unspecified atom stereocenters. The van der Waals surface area contributed by atoms with E-state index in [0.717, 1.165) is 47.7 Å². The van der Waals surface area contributed by atoms with Gasteiger partial charge in [-0.05, 0) is 54.0 Å². The van der Waals surface area contributed by atoms with Crippen LogP contribution in [0.4, 0.5) is 13.2 Å². The highest BCUT2D eigenvalue weighted by atomic mass is 32.1. The molecule has 3 heterocycles. The van der Waals surface area contributed by atoms with Gasteiger partial charge in [-0.25, -0.2) is 14.5 Å². The molecular formula is C21H19F3N4O3S. The van der Waals surface area contributed by atoms with Crippen molar-refractivity contribution in [1.82, 2.24) is 19.7 Å². The molecular weight excluding hydrogens is 445 g/mol. The van der Waals surface area contributed by atoms with Crippen LogP contribution in [0.1, 0.15) is 22.4 Å². The van der Waals surface area contributed by atoms with Gasteiger partial charge in [-0.3, -0.25) is 0 Å². The summed E-state index contributed by atoms with van der Waals surface area (Å²) in [7, 11) is 1.72. The van der Waals surface area contributed by atoms with E-state index in [0.29, 0.717) is 0 Å². The van der Waals surface area contributed by atoms with Crippen molar-refractivity contribution in [3.05, 3.63) is 51.8 Å². The van der Waals surface area contributed by atoms with Crippen molar-refractivity contribution in [2.45, 2.75) is 32.0 Å². The second-order valence-electron chi connectivity index (χ2n) is 7.18. The highest BCUT2D eigenvalue weighted by molar-refractivity contribution is 7.09. The molecule has 0 radical (unpaired) electrons. The summed E-state index contributed by atoms with van der Waals surface area (Å²) in [5, 5.41) is 13.7. The van der Waals surface area contributed by atoms with Crippen molar-refractivity contribution in [3.63, 3.8) is 0 Å². The number of methoxy groups -OCH3 is 1. The highest BCUT2D eigenvalue weighted by Crippen LogP contribution is 2.35. The van der Waals surface area contributed by atoms with Crippen LogP contribution in [0.15, 0.2) is 35.8 Å². The van der Waals surface area contributed by atoms with Gasteiger partial charge in [0.25, 0.3) is 0 Å². The Bertz CT molecular complexity index is 1250. The van der Waals surface area contributed by atoms with Gasteiger partial charge in [0, 0.05) is 4.88 Å². The standard InChI is InChI=1S/C19H18N4OS.C2HF3O2/c1-24-17-9-13-5-2-4-12(13)8-15(17)18-21-16-10-20-23(19(16)22-18)11-14-6-3-7-25-14;3-2(4,5)1(6)7/h3,6-10H,2,4-5,11H2,1H3,(H,21,22);(H,6,7). The molecule has 11 heteroatoms. The first-order valence-corrected chi connectivity index (χ1v) is 10.6. The monoisotopic (exact) mass is 464 g/mol. The first-order valence-electron chi connectivity index (χ1n) is 9.70. The lowest BCUT2D eigenvalue weighted by atomic mass is 10.0. The highest BCUT2D eigenvalue weighted by Gasteiger charge is 2.38. The van der Waals surface area contributed by atoms with Crippen LogP contribution in [0.5, 0.6) is 5.75 Å². The SMILES string of the molecule is COc1cc2c(cc1-c1nc3c(cnn3Cc3cccs3)[nH]1)CCC2.O=C(O)C(F)(F)F. The molecule has 0 saturated heterocycles. The quantitative estimate of drug-likeness (QED) is 0.458. The zero-order chi connectivity index (χ0) is 22.9. The molecule has 0 amide bonds. The van der Waals surface area contributed by atoms with E-state index in [1.165, 1.54) is 22.4 Å². The Morgan fingerprint density at radius 3 is 2.66 bits per heavy atom. The van der Waals surface area contributed by atoms with Gasteiger partial charge in [0.1, 0.15) is 17.1 Å². The first kappa shape index (κ1) is 21.9. The zero-order valence-corrected chi connectivity index (χ0v) is 17.8. The van der Waals surface area contributed by atoms with Gasteiger partial charge >= 0.3 is 12.1 Å². The van der Waals surface area contributed by atoms with E-state index in [4.69, 9.17) is 19.6 Å². The lowest BCUT2D eigenvalue weighted by Crippen LogP contribution is -2.21. The summed E-state index contributed by atoms with van der Waals surface area (Å²) in [6.07, 6.45) is 0.262. The molecule has 2 N–H and O–H groups in total. The molecule has 3 aromatic heterocycles. The maximum atomic E-state index is 10.6. The van der Waals surface area contributed by atoms with Crippen LogP contribution < -0.4 is 4.74 Å². The topological polar surface area (TPSA) is 93.0 Å². The van der Waals surface area contributed by atoms with E-state index < -0.39 is 12.1 Å². The fourth-order valence-corrected chi connectivity index (χ4v) is 4.28. The number of hydrogen-bond donors (Lipinski definition) is 2. The molecule has 0 bridgehead atoms. The third-order valence-electron chi connectivity index (χ3n) is 5.08. The number of carbonyl (C=O) groups is 1. The number of fused-ring (bicyclic) bond motifs is 2. The number of alkyl halides is 3. The predicted molar refractivity (Wildman–Crippen MR) is 113 cm³/mol. The average Bonchev–Trinajstić information content (AvgIpc) is 3.53. The maximum Gasteiger partial charge on any atom is 0.490 e. The van der Waals surface area contributed by atoms with E-state index in [2.05, 4.69) is 39.7 Å². The van der Waals surface area contributed by atoms with Crippen LogP contribution in [0.3, 0.4) is 0 Å². The Morgan fingerprint density at radius 2 is 2.03 bits per heavy atom. The minimum absolute atomic E-state index is 0.743. The lowest BCUT2D eigenvalue weighted by Gasteiger charge is -2.09. The molecule has 32 heavy (non-hydrogen) atoms. The van der Waals surface area contributed by atoms with Gasteiger partial charge in [-0.1, -0.05) is 6.07 Å². The molecule has 4 aromatic rings. The van der Waals surface area contributed by atoms with E-state index in [-0.39, 0.29) is 0 Å². The number of rotatable bonds is 4. The molecule has 0 atom stereocenters. The number of ether oxygens (including phenoxy) is 1. The van der Waals surface area contributed by atoms with Gasteiger partial charge in [-0.15, -0.1) is 11.3 Å². The van der Waals surface area contributed by atoms with Crippen molar-refractivity contribution in [2.24, 2.45) is 0 Å². The number of imidazole rings is 1. The number of nitrogens with one attached hydrogen (secondary N) is 1. The summed E-state index contributed by atoms with van der Waals surface area (Å²) < 4.78 is 39.3. The number of aryl methyl sites for hydroxylation is 2. The number of hydrogen-bond acceptors (Lipinski definition) is 5. The van der Waals surface area contributed by atoms with Crippen LogP contribution in [-0.4, -0.2) is 44.1 Å². The van der Waals surface area contributed by atoms with Gasteiger partial charge in [-0.2, -0.15) is 18.3 Å². The fraction of sp³-hybridized carbons (Fsp3) is 0.286. The third kappa shape index (κ3) is 4.47. The van der Waals surface area contributed by atoms with Crippen LogP contribution >= 0.6 is 11.3 Å². The summed E-state index contributed by atoms with van der Waals surface area (Å²) in [5.41, 5.74) is 5.68. The van der Waals surface area contributed by atoms with Crippen molar-refractivity contribution < 1.29 is 27.8 Å². The van der Waals surface area contributed by atoms with Crippen LogP contribution in [0, 0.1) is 0 Å². The van der Waals surface area contributed by atoms with E-state index in [1.54, 1.807) is 18.4 Å². The number of carboxylic acids is 1. The minimum atomic E-state index is -5.08. The molecule has 1 aliphatic carbocycles. The lowest BCUT2D eigenvalue weighted by molar-refractivity contribution is -0.192. The second kappa shape index (κ2) is 8.65. The number of carboxylic acid groups (broad SMARTS) is 1. The maximum absolute atomic E-state index is 10.6. The fourth-order valence-electron chi connectivity index (χ4n) is 3.60. The van der Waals surface area contributed by atoms with Gasteiger partial charge < -0.3 is 14.8 Å². The molecule has 1 aliphatic rings. The number of aromatic amines is 1. The average molecular weight is 464 g/mol. The van der Waals surface area contributed by atoms with E-state index in [1.807, 2.05) is 10.9 Å². The van der Waals surface area contributed by atoms with Crippen molar-refractivity contribution >= 4 is 28.5 Å². The second-order valence-corrected chi connectivity index (χ2v) is 8.21. The molecule has 0 fully saturated rings. The number of aromatic nitrogens is 4. The normalized spacial score (nSPS) is 13.0. The number of thiophene rings is 1.